The normalized spacial score (nSPS) is 1.50. The monoisotopic (exact) mass is 369 g/mol. The van der Waals surface area contributed by atoms with E-state index in [1.807, 2.05) is 0 Å². The molecule has 0 spiro atoms. The summed E-state index contributed by atoms with van der Waals surface area (Å²) < 4.78 is 7.81. The van der Waals surface area contributed by atoms with Crippen molar-refractivity contribution in [2.24, 2.45) is 0 Å². The summed E-state index contributed by atoms with van der Waals surface area (Å²) in [6.45, 7) is 0. The topological polar surface area (TPSA) is 17.1 Å². The van der Waals surface area contributed by atoms with Crippen LogP contribution in [0.25, 0.3) is 0 Å². The molecule has 0 atom stereocenters. The van der Waals surface area contributed by atoms with Crippen LogP contribution in [0.1, 0.15) is 0 Å². The average molecular weight is 367 g/mol. The van der Waals surface area contributed by atoms with E-state index >= 15 is 0 Å². The van der Waals surface area contributed by atoms with Gasteiger partial charge in [0.2, 0.25) is 0 Å². The number of rotatable bonds is 0. The molecule has 0 aromatic carbocycles. The molecule has 0 unspecified atom stereocenters. The van der Waals surface area contributed by atoms with Crippen LogP contribution < -0.4 is 0 Å². The van der Waals surface area contributed by atoms with Gasteiger partial charge in [-0.3, -0.25) is 0 Å². The summed E-state index contributed by atoms with van der Waals surface area (Å²) in [6, 6.07) is 0. The Kier molecular flexibility index (Phi) is 64.0. The number of hydrogen-bond acceptors (Lipinski definition) is 1. The molecule has 0 N–H and O–H groups in total. The molecule has 25 valence electrons. The van der Waals surface area contributed by atoms with E-state index in [-0.39, 0.29) is 89.3 Å². The average Bonchev–Trinajstić information content (AvgIpc) is 1.00. The van der Waals surface area contributed by atoms with E-state index in [9.17, 15) is 0 Å². The fourth-order valence-corrected chi connectivity index (χ4v) is 0. The Hall–Kier alpha value is 3.23. The van der Waals surface area contributed by atoms with Crippen molar-refractivity contribution in [1.82, 2.24) is 0 Å². The summed E-state index contributed by atoms with van der Waals surface area (Å²) in [7, 11) is 0. The molecule has 0 aliphatic heterocycles. The van der Waals surface area contributed by atoms with Crippen molar-refractivity contribution in [1.29, 1.82) is 0 Å². The molecule has 0 amide bonds. The molecule has 0 bridgehead atoms. The Labute approximate surface area is 106 Å². The van der Waals surface area contributed by atoms with Gasteiger partial charge in [0.05, 0.1) is 0 Å². The van der Waals surface area contributed by atoms with Crippen LogP contribution in [0.4, 0.5) is 0 Å². The quantitative estimate of drug-likeness (QED) is 0.528. The first-order chi connectivity index (χ1) is 1.00. The zero-order chi connectivity index (χ0) is 2.00. The van der Waals surface area contributed by atoms with Gasteiger partial charge in [-0.1, -0.05) is 0 Å². The van der Waals surface area contributed by atoms with Gasteiger partial charge in [-0.15, -0.1) is 0 Å². The molecule has 0 saturated carbocycles. The van der Waals surface area contributed by atoms with E-state index in [0.717, 1.165) is 0 Å². The molecule has 0 fully saturated rings. The van der Waals surface area contributed by atoms with Crippen LogP contribution in [0.15, 0.2) is 0 Å². The van der Waals surface area contributed by atoms with E-state index in [1.165, 1.54) is 0 Å². The van der Waals surface area contributed by atoms with Gasteiger partial charge in [0, 0.05) is 89.3 Å². The predicted molar refractivity (Wildman–Crippen MR) is 6.44 cm³/mol. The minimum atomic E-state index is 0. The van der Waals surface area contributed by atoms with Crippen LogP contribution in [-0.4, -0.2) is 48.9 Å². The molecule has 1 nitrogen and oxygen atoms in total. The second-order valence-corrected chi connectivity index (χ2v) is 0. The Bertz CT molecular complexity index is 8.00. The smallest absolute Gasteiger partial charge is 0 e. The van der Waals surface area contributed by atoms with E-state index in [0.29, 0.717) is 0 Å². The summed E-state index contributed by atoms with van der Waals surface area (Å²) in [5.41, 5.74) is 0. The molecule has 4 heavy (non-hydrogen) atoms. The van der Waals surface area contributed by atoms with Crippen molar-refractivity contribution in [3.05, 3.63) is 0 Å². The molecule has 0 aliphatic rings. The predicted octanol–water partition coefficient (Wildman–Crippen LogP) is -0.502. The molecule has 0 heterocycles. The zero-order valence-corrected chi connectivity index (χ0v) is 9.83. The van der Waals surface area contributed by atoms with Gasteiger partial charge in [-0.2, -0.15) is 0 Å². The minimum Gasteiger partial charge on any atom is 0 e. The maximum atomic E-state index is 7.81. The Balaban J connectivity index is -0.00000000500. The van der Waals surface area contributed by atoms with Crippen LogP contribution in [0.5, 0.6) is 0 Å². The van der Waals surface area contributed by atoms with Crippen LogP contribution in [0.3, 0.4) is 0 Å². The van der Waals surface area contributed by atoms with Crippen LogP contribution in [0.2, 0.25) is 0 Å². The molecular formula is BaCuOSm. The van der Waals surface area contributed by atoms with Crippen molar-refractivity contribution in [3.8, 4) is 0 Å². The third-order valence-electron chi connectivity index (χ3n) is 0. The number of hydrogen-bond donors (Lipinski definition) is 0. The molecule has 0 aliphatic carbocycles. The first-order valence-corrected chi connectivity index (χ1v) is 0.508. The van der Waals surface area contributed by atoms with Crippen LogP contribution in [0, 0.1) is 40.4 Å². The van der Waals surface area contributed by atoms with Gasteiger partial charge in [0.25, 0.3) is 0 Å². The fourth-order valence-electron chi connectivity index (χ4n) is 0. The largest absolute Gasteiger partial charge is 0 e. The Morgan fingerprint density at radius 2 is 1.25 bits per heavy atom. The van der Waals surface area contributed by atoms with Gasteiger partial charge < -0.3 is 0 Å². The van der Waals surface area contributed by atoms with Crippen molar-refractivity contribution in [3.63, 3.8) is 0 Å². The maximum absolute atomic E-state index is 7.81. The van der Waals surface area contributed by atoms with Crippen molar-refractivity contribution >= 4 is 48.9 Å². The third-order valence-corrected chi connectivity index (χ3v) is 0. The Morgan fingerprint density at radius 1 is 1.25 bits per heavy atom. The molecule has 0 aromatic rings. The van der Waals surface area contributed by atoms with Gasteiger partial charge in [0.15, 0.2) is 0 Å². The second kappa shape index (κ2) is 16.3. The standard InChI is InChI=1S/Ba.Cu.O.Sm. The van der Waals surface area contributed by atoms with Gasteiger partial charge in [0.1, 0.15) is 0 Å². The molecule has 2 radical (unpaired) electrons. The van der Waals surface area contributed by atoms with E-state index in [2.05, 4.69) is 15.9 Å². The summed E-state index contributed by atoms with van der Waals surface area (Å²) in [6.07, 6.45) is 0. The first kappa shape index (κ1) is 15.7. The van der Waals surface area contributed by atoms with Gasteiger partial charge >= 0.3 is 19.8 Å². The molecule has 0 saturated heterocycles. The first-order valence-electron chi connectivity index (χ1n) is 0.123. The Morgan fingerprint density at radius 3 is 1.25 bits per heavy atom. The summed E-state index contributed by atoms with van der Waals surface area (Å²) in [5.74, 6) is 0. The summed E-state index contributed by atoms with van der Waals surface area (Å²) >= 11 is 2.94. The molecule has 0 rings (SSSR count). The van der Waals surface area contributed by atoms with Crippen molar-refractivity contribution in [2.75, 3.05) is 0 Å². The molecular weight excluding hydrogens is 367 g/mol. The SMILES string of the molecule is [Ba].[O]=[Cu].[Sm]. The maximum Gasteiger partial charge on any atom is 0 e. The van der Waals surface area contributed by atoms with E-state index < -0.39 is 0 Å². The van der Waals surface area contributed by atoms with Crippen LogP contribution in [-0.2, 0) is 19.8 Å². The third kappa shape index (κ3) is 8.97. The summed E-state index contributed by atoms with van der Waals surface area (Å²) in [5, 5.41) is 0. The minimum absolute atomic E-state index is 0. The zero-order valence-electron chi connectivity index (χ0n) is 1.83. The molecule has 0 aromatic heterocycles. The van der Waals surface area contributed by atoms with Gasteiger partial charge in [-0.05, 0) is 0 Å². The van der Waals surface area contributed by atoms with E-state index in [4.69, 9.17) is 3.83 Å². The van der Waals surface area contributed by atoms with Crippen molar-refractivity contribution in [2.45, 2.75) is 0 Å². The van der Waals surface area contributed by atoms with E-state index in [1.54, 1.807) is 0 Å². The summed E-state index contributed by atoms with van der Waals surface area (Å²) in [4.78, 5) is 0. The van der Waals surface area contributed by atoms with Crippen LogP contribution >= 0.6 is 0 Å². The van der Waals surface area contributed by atoms with Gasteiger partial charge in [-0.25, -0.2) is 0 Å². The fraction of sp³-hybridized carbons (Fsp3) is 0. The molecule has 4 heteroatoms. The van der Waals surface area contributed by atoms with Crippen molar-refractivity contribution < 1.29 is 60.2 Å². The second-order valence-electron chi connectivity index (χ2n) is 0.